The lowest BCUT2D eigenvalue weighted by Crippen LogP contribution is -2.45. The number of carbonyl (C=O) groups is 1. The molecule has 1 aliphatic heterocycles. The SMILES string of the molecule is CC(CC1CCCCC1)NCc1ccccc1C1CN(C(N)=O)CCO1. The van der Waals surface area contributed by atoms with E-state index in [2.05, 4.69) is 30.4 Å². The van der Waals surface area contributed by atoms with Crippen LogP contribution in [-0.2, 0) is 11.3 Å². The second-order valence-electron chi connectivity index (χ2n) is 7.86. The van der Waals surface area contributed by atoms with Crippen LogP contribution in [0.25, 0.3) is 0 Å². The number of hydrogen-bond donors (Lipinski definition) is 2. The van der Waals surface area contributed by atoms with Gasteiger partial charge in [-0.2, -0.15) is 0 Å². The average molecular weight is 360 g/mol. The molecule has 2 unspecified atom stereocenters. The molecule has 5 heteroatoms. The molecule has 1 saturated carbocycles. The fraction of sp³-hybridized carbons (Fsp3) is 0.667. The third kappa shape index (κ3) is 5.21. The molecular formula is C21H33N3O2. The van der Waals surface area contributed by atoms with Crippen molar-refractivity contribution in [3.63, 3.8) is 0 Å². The number of nitrogens with two attached hydrogens (primary N) is 1. The maximum absolute atomic E-state index is 11.5. The normalized spacial score (nSPS) is 23.0. The van der Waals surface area contributed by atoms with Crippen LogP contribution in [0.1, 0.15) is 62.7 Å². The van der Waals surface area contributed by atoms with E-state index in [0.29, 0.717) is 25.7 Å². The van der Waals surface area contributed by atoms with Gasteiger partial charge in [0.25, 0.3) is 0 Å². The first-order valence-electron chi connectivity index (χ1n) is 10.1. The minimum absolute atomic E-state index is 0.0945. The molecule has 5 nitrogen and oxygen atoms in total. The van der Waals surface area contributed by atoms with Gasteiger partial charge in [0.2, 0.25) is 0 Å². The zero-order chi connectivity index (χ0) is 18.4. The molecule has 2 fully saturated rings. The topological polar surface area (TPSA) is 67.6 Å². The Balaban J connectivity index is 1.57. The maximum atomic E-state index is 11.5. The zero-order valence-electron chi connectivity index (χ0n) is 16.0. The van der Waals surface area contributed by atoms with Crippen molar-refractivity contribution < 1.29 is 9.53 Å². The fourth-order valence-electron chi connectivity index (χ4n) is 4.34. The van der Waals surface area contributed by atoms with Crippen molar-refractivity contribution in [1.82, 2.24) is 10.2 Å². The van der Waals surface area contributed by atoms with E-state index in [1.807, 2.05) is 6.07 Å². The molecule has 2 aliphatic rings. The number of benzene rings is 1. The molecule has 0 aromatic heterocycles. The van der Waals surface area contributed by atoms with Gasteiger partial charge < -0.3 is 20.7 Å². The van der Waals surface area contributed by atoms with E-state index in [4.69, 9.17) is 10.5 Å². The van der Waals surface area contributed by atoms with Gasteiger partial charge in [-0.3, -0.25) is 0 Å². The second-order valence-corrected chi connectivity index (χ2v) is 7.86. The standard InChI is InChI=1S/C21H33N3O2/c1-16(13-17-7-3-2-4-8-17)23-14-18-9-5-6-10-19(18)20-15-24(21(22)25)11-12-26-20/h5-6,9-10,16-17,20,23H,2-4,7-8,11-15H2,1H3,(H2,22,25). The van der Waals surface area contributed by atoms with Crippen LogP contribution < -0.4 is 11.1 Å². The fourth-order valence-corrected chi connectivity index (χ4v) is 4.34. The van der Waals surface area contributed by atoms with Crippen molar-refractivity contribution in [2.75, 3.05) is 19.7 Å². The van der Waals surface area contributed by atoms with E-state index in [0.717, 1.165) is 18.0 Å². The van der Waals surface area contributed by atoms with E-state index in [1.165, 1.54) is 44.1 Å². The van der Waals surface area contributed by atoms with Crippen LogP contribution in [0, 0.1) is 5.92 Å². The Morgan fingerprint density at radius 2 is 2.08 bits per heavy atom. The van der Waals surface area contributed by atoms with Crippen LogP contribution in [0.5, 0.6) is 0 Å². The number of rotatable bonds is 6. The molecule has 0 radical (unpaired) electrons. The summed E-state index contributed by atoms with van der Waals surface area (Å²) in [4.78, 5) is 13.2. The number of nitrogens with one attached hydrogen (secondary N) is 1. The van der Waals surface area contributed by atoms with Crippen molar-refractivity contribution in [2.45, 2.75) is 64.1 Å². The van der Waals surface area contributed by atoms with Crippen molar-refractivity contribution in [3.8, 4) is 0 Å². The molecule has 1 aromatic carbocycles. The van der Waals surface area contributed by atoms with E-state index in [1.54, 1.807) is 4.90 Å². The van der Waals surface area contributed by atoms with Gasteiger partial charge in [0.1, 0.15) is 6.10 Å². The quantitative estimate of drug-likeness (QED) is 0.816. The summed E-state index contributed by atoms with van der Waals surface area (Å²) in [5, 5.41) is 3.70. The van der Waals surface area contributed by atoms with Crippen molar-refractivity contribution in [2.24, 2.45) is 11.7 Å². The van der Waals surface area contributed by atoms with Gasteiger partial charge in [0.15, 0.2) is 0 Å². The highest BCUT2D eigenvalue weighted by Gasteiger charge is 2.25. The second kappa shape index (κ2) is 9.38. The summed E-state index contributed by atoms with van der Waals surface area (Å²) in [7, 11) is 0. The van der Waals surface area contributed by atoms with Crippen molar-refractivity contribution >= 4 is 6.03 Å². The van der Waals surface area contributed by atoms with Crippen molar-refractivity contribution in [1.29, 1.82) is 0 Å². The predicted octanol–water partition coefficient (Wildman–Crippen LogP) is 3.59. The minimum atomic E-state index is -0.366. The zero-order valence-corrected chi connectivity index (χ0v) is 16.0. The lowest BCUT2D eigenvalue weighted by molar-refractivity contribution is -0.0146. The molecule has 3 N–H and O–H groups in total. The van der Waals surface area contributed by atoms with Gasteiger partial charge in [-0.25, -0.2) is 4.79 Å². The van der Waals surface area contributed by atoms with Crippen LogP contribution in [0.2, 0.25) is 0 Å². The Morgan fingerprint density at radius 1 is 1.31 bits per heavy atom. The van der Waals surface area contributed by atoms with Gasteiger partial charge in [0.05, 0.1) is 13.2 Å². The van der Waals surface area contributed by atoms with Gasteiger partial charge in [-0.05, 0) is 30.4 Å². The number of amides is 2. The first-order valence-corrected chi connectivity index (χ1v) is 10.1. The minimum Gasteiger partial charge on any atom is -0.370 e. The third-order valence-electron chi connectivity index (χ3n) is 5.83. The molecule has 1 aliphatic carbocycles. The van der Waals surface area contributed by atoms with Crippen LogP contribution in [0.15, 0.2) is 24.3 Å². The summed E-state index contributed by atoms with van der Waals surface area (Å²) in [6.45, 7) is 4.77. The first-order chi connectivity index (χ1) is 12.6. The summed E-state index contributed by atoms with van der Waals surface area (Å²) < 4.78 is 5.94. The molecule has 1 heterocycles. The van der Waals surface area contributed by atoms with Crippen LogP contribution in [0.4, 0.5) is 4.79 Å². The smallest absolute Gasteiger partial charge is 0.314 e. The van der Waals surface area contributed by atoms with Crippen LogP contribution in [0.3, 0.4) is 0 Å². The van der Waals surface area contributed by atoms with Gasteiger partial charge >= 0.3 is 6.03 Å². The molecule has 3 rings (SSSR count). The first kappa shape index (κ1) is 19.2. The summed E-state index contributed by atoms with van der Waals surface area (Å²) in [6.07, 6.45) is 8.16. The summed E-state index contributed by atoms with van der Waals surface area (Å²) in [6, 6.07) is 8.52. The maximum Gasteiger partial charge on any atom is 0.314 e. The molecule has 1 aromatic rings. The third-order valence-corrected chi connectivity index (χ3v) is 5.83. The van der Waals surface area contributed by atoms with Crippen LogP contribution in [-0.4, -0.2) is 36.7 Å². The number of urea groups is 1. The molecule has 1 saturated heterocycles. The molecule has 2 atom stereocenters. The number of hydrogen-bond acceptors (Lipinski definition) is 3. The Hall–Kier alpha value is -1.59. The molecular weight excluding hydrogens is 326 g/mol. The number of morpholine rings is 1. The Bertz CT molecular complexity index is 586. The molecule has 0 bridgehead atoms. The number of carbonyl (C=O) groups excluding carboxylic acids is 1. The van der Waals surface area contributed by atoms with E-state index < -0.39 is 0 Å². The monoisotopic (exact) mass is 359 g/mol. The van der Waals surface area contributed by atoms with Gasteiger partial charge in [0, 0.05) is 19.1 Å². The lowest BCUT2D eigenvalue weighted by Gasteiger charge is -2.33. The van der Waals surface area contributed by atoms with E-state index in [9.17, 15) is 4.79 Å². The highest BCUT2D eigenvalue weighted by Crippen LogP contribution is 2.28. The number of nitrogens with zero attached hydrogens (tertiary/aromatic N) is 1. The molecule has 0 spiro atoms. The largest absolute Gasteiger partial charge is 0.370 e. The lowest BCUT2D eigenvalue weighted by atomic mass is 9.85. The Labute approximate surface area is 157 Å². The molecule has 144 valence electrons. The Kier molecular flexibility index (Phi) is 6.92. The summed E-state index contributed by atoms with van der Waals surface area (Å²) in [5.74, 6) is 0.882. The van der Waals surface area contributed by atoms with Crippen molar-refractivity contribution in [3.05, 3.63) is 35.4 Å². The number of ether oxygens (including phenoxy) is 1. The van der Waals surface area contributed by atoms with Gasteiger partial charge in [-0.15, -0.1) is 0 Å². The summed E-state index contributed by atoms with van der Waals surface area (Å²) >= 11 is 0. The van der Waals surface area contributed by atoms with Gasteiger partial charge in [-0.1, -0.05) is 56.4 Å². The van der Waals surface area contributed by atoms with E-state index in [-0.39, 0.29) is 12.1 Å². The highest BCUT2D eigenvalue weighted by molar-refractivity contribution is 5.72. The number of primary amides is 1. The highest BCUT2D eigenvalue weighted by atomic mass is 16.5. The average Bonchev–Trinajstić information content (AvgIpc) is 2.67. The van der Waals surface area contributed by atoms with E-state index >= 15 is 0 Å². The summed E-state index contributed by atoms with van der Waals surface area (Å²) in [5.41, 5.74) is 7.86. The molecule has 2 amide bonds. The van der Waals surface area contributed by atoms with Crippen LogP contribution >= 0.6 is 0 Å². The predicted molar refractivity (Wildman–Crippen MR) is 104 cm³/mol. The molecule has 26 heavy (non-hydrogen) atoms. The Morgan fingerprint density at radius 3 is 2.85 bits per heavy atom.